The molecule has 0 bridgehead atoms. The molecule has 1 atom stereocenters. The molecular formula is C7H9N3S2. The summed E-state index contributed by atoms with van der Waals surface area (Å²) < 4.78 is 0.890. The Labute approximate surface area is 79.8 Å². The minimum Gasteiger partial charge on any atom is -0.197 e. The van der Waals surface area contributed by atoms with E-state index in [9.17, 15) is 0 Å². The van der Waals surface area contributed by atoms with Crippen molar-refractivity contribution in [2.75, 3.05) is 0 Å². The Bertz CT molecular complexity index is 289. The van der Waals surface area contributed by atoms with Gasteiger partial charge in [-0.05, 0) is 13.3 Å². The Kier molecular flexibility index (Phi) is 3.50. The van der Waals surface area contributed by atoms with Crippen LogP contribution in [0.2, 0.25) is 0 Å². The summed E-state index contributed by atoms with van der Waals surface area (Å²) in [6.07, 6.45) is 0.847. The molecule has 1 unspecified atom stereocenters. The van der Waals surface area contributed by atoms with Crippen LogP contribution in [0.15, 0.2) is 4.34 Å². The Morgan fingerprint density at radius 2 is 2.42 bits per heavy atom. The van der Waals surface area contributed by atoms with Gasteiger partial charge in [-0.1, -0.05) is 30.0 Å². The molecule has 5 heteroatoms. The molecule has 1 aromatic heterocycles. The summed E-state index contributed by atoms with van der Waals surface area (Å²) in [6.45, 7) is 3.91. The summed E-state index contributed by atoms with van der Waals surface area (Å²) in [7, 11) is 0. The fourth-order valence-electron chi connectivity index (χ4n) is 0.649. The molecule has 0 aliphatic carbocycles. The van der Waals surface area contributed by atoms with Gasteiger partial charge >= 0.3 is 0 Å². The minimum atomic E-state index is 0.0114. The molecular weight excluding hydrogens is 190 g/mol. The Morgan fingerprint density at radius 3 is 2.83 bits per heavy atom. The Hall–Kier alpha value is -0.600. The van der Waals surface area contributed by atoms with Crippen molar-refractivity contribution in [1.29, 1.82) is 5.26 Å². The van der Waals surface area contributed by atoms with Gasteiger partial charge in [-0.15, -0.1) is 10.2 Å². The Balaban J connectivity index is 2.58. The number of aromatic nitrogens is 2. The van der Waals surface area contributed by atoms with Crippen LogP contribution in [0, 0.1) is 18.3 Å². The smallest absolute Gasteiger partial charge is 0.175 e. The molecule has 1 heterocycles. The lowest BCUT2D eigenvalue weighted by Gasteiger charge is -1.99. The zero-order valence-electron chi connectivity index (χ0n) is 6.94. The van der Waals surface area contributed by atoms with Gasteiger partial charge in [0.05, 0.1) is 11.3 Å². The highest BCUT2D eigenvalue weighted by Gasteiger charge is 2.09. The first-order valence-corrected chi connectivity index (χ1v) is 5.32. The fourth-order valence-corrected chi connectivity index (χ4v) is 2.52. The van der Waals surface area contributed by atoms with E-state index in [1.165, 1.54) is 23.1 Å². The van der Waals surface area contributed by atoms with Gasteiger partial charge in [0, 0.05) is 0 Å². The molecule has 0 spiro atoms. The second-order valence-electron chi connectivity index (χ2n) is 2.23. The van der Waals surface area contributed by atoms with Crippen molar-refractivity contribution in [3.63, 3.8) is 0 Å². The van der Waals surface area contributed by atoms with E-state index >= 15 is 0 Å². The lowest BCUT2D eigenvalue weighted by molar-refractivity contribution is 0.958. The van der Waals surface area contributed by atoms with Crippen molar-refractivity contribution in [3.05, 3.63) is 5.01 Å². The number of nitriles is 1. The predicted molar refractivity (Wildman–Crippen MR) is 50.2 cm³/mol. The average molecular weight is 199 g/mol. The van der Waals surface area contributed by atoms with E-state index in [0.717, 1.165) is 15.8 Å². The highest BCUT2D eigenvalue weighted by molar-refractivity contribution is 8.01. The molecule has 0 aliphatic rings. The summed E-state index contributed by atoms with van der Waals surface area (Å²) in [5.41, 5.74) is 0. The summed E-state index contributed by atoms with van der Waals surface area (Å²) in [4.78, 5) is 0. The van der Waals surface area contributed by atoms with E-state index in [-0.39, 0.29) is 5.25 Å². The van der Waals surface area contributed by atoms with Gasteiger partial charge < -0.3 is 0 Å². The SMILES string of the molecule is CCC(C#N)Sc1nnc(C)s1. The van der Waals surface area contributed by atoms with Crippen LogP contribution >= 0.6 is 23.1 Å². The van der Waals surface area contributed by atoms with Crippen LogP contribution in [-0.4, -0.2) is 15.4 Å². The highest BCUT2D eigenvalue weighted by Crippen LogP contribution is 2.27. The van der Waals surface area contributed by atoms with E-state index < -0.39 is 0 Å². The largest absolute Gasteiger partial charge is 0.197 e. The van der Waals surface area contributed by atoms with Gasteiger partial charge in [0.1, 0.15) is 5.01 Å². The first kappa shape index (κ1) is 9.49. The first-order valence-electron chi connectivity index (χ1n) is 3.62. The van der Waals surface area contributed by atoms with Crippen LogP contribution in [0.25, 0.3) is 0 Å². The average Bonchev–Trinajstić information content (AvgIpc) is 2.47. The fraction of sp³-hybridized carbons (Fsp3) is 0.571. The molecule has 0 aliphatic heterocycles. The van der Waals surface area contributed by atoms with Gasteiger partial charge in [-0.25, -0.2) is 0 Å². The van der Waals surface area contributed by atoms with E-state index in [1.807, 2.05) is 13.8 Å². The number of aryl methyl sites for hydroxylation is 1. The monoisotopic (exact) mass is 199 g/mol. The quantitative estimate of drug-likeness (QED) is 0.700. The molecule has 0 saturated carbocycles. The van der Waals surface area contributed by atoms with Crippen molar-refractivity contribution >= 4 is 23.1 Å². The van der Waals surface area contributed by atoms with Crippen molar-refractivity contribution in [1.82, 2.24) is 10.2 Å². The van der Waals surface area contributed by atoms with Crippen molar-refractivity contribution < 1.29 is 0 Å². The van der Waals surface area contributed by atoms with Gasteiger partial charge in [-0.3, -0.25) is 0 Å². The van der Waals surface area contributed by atoms with E-state index in [4.69, 9.17) is 5.26 Å². The molecule has 0 aromatic carbocycles. The zero-order valence-corrected chi connectivity index (χ0v) is 8.58. The van der Waals surface area contributed by atoms with Crippen molar-refractivity contribution in [2.24, 2.45) is 0 Å². The van der Waals surface area contributed by atoms with E-state index in [1.54, 1.807) is 0 Å². The zero-order chi connectivity index (χ0) is 8.97. The molecule has 1 rings (SSSR count). The summed E-state index contributed by atoms with van der Waals surface area (Å²) in [5.74, 6) is 0. The standard InChI is InChI=1S/C7H9N3S2/c1-3-6(4-8)12-7-10-9-5(2)11-7/h6H,3H2,1-2H3. The van der Waals surface area contributed by atoms with Gasteiger partial charge in [-0.2, -0.15) is 5.26 Å². The number of hydrogen-bond acceptors (Lipinski definition) is 5. The second kappa shape index (κ2) is 4.43. The number of hydrogen-bond donors (Lipinski definition) is 0. The van der Waals surface area contributed by atoms with Crippen LogP contribution < -0.4 is 0 Å². The van der Waals surface area contributed by atoms with Crippen molar-refractivity contribution in [3.8, 4) is 6.07 Å². The molecule has 12 heavy (non-hydrogen) atoms. The minimum absolute atomic E-state index is 0.0114. The lowest BCUT2D eigenvalue weighted by atomic mass is 10.4. The molecule has 3 nitrogen and oxygen atoms in total. The predicted octanol–water partition coefficient (Wildman–Crippen LogP) is 2.24. The van der Waals surface area contributed by atoms with E-state index in [0.29, 0.717) is 0 Å². The topological polar surface area (TPSA) is 49.6 Å². The van der Waals surface area contributed by atoms with Crippen LogP contribution in [0.3, 0.4) is 0 Å². The van der Waals surface area contributed by atoms with E-state index in [2.05, 4.69) is 16.3 Å². The number of nitrogens with zero attached hydrogens (tertiary/aromatic N) is 3. The maximum Gasteiger partial charge on any atom is 0.175 e. The molecule has 0 amide bonds. The summed E-state index contributed by atoms with van der Waals surface area (Å²) in [5, 5.41) is 17.4. The second-order valence-corrected chi connectivity index (χ2v) is 4.86. The third-order valence-electron chi connectivity index (χ3n) is 1.27. The van der Waals surface area contributed by atoms with Crippen LogP contribution in [-0.2, 0) is 0 Å². The van der Waals surface area contributed by atoms with Gasteiger partial charge in [0.15, 0.2) is 4.34 Å². The summed E-state index contributed by atoms with van der Waals surface area (Å²) in [6, 6.07) is 2.21. The molecule has 0 fully saturated rings. The lowest BCUT2D eigenvalue weighted by Crippen LogP contribution is -1.94. The first-order chi connectivity index (χ1) is 5.76. The van der Waals surface area contributed by atoms with Crippen LogP contribution in [0.4, 0.5) is 0 Å². The maximum atomic E-state index is 8.68. The molecule has 0 N–H and O–H groups in total. The Morgan fingerprint density at radius 1 is 1.67 bits per heavy atom. The number of thioether (sulfide) groups is 1. The molecule has 0 saturated heterocycles. The third-order valence-corrected chi connectivity index (χ3v) is 3.44. The number of rotatable bonds is 3. The van der Waals surface area contributed by atoms with Crippen LogP contribution in [0.5, 0.6) is 0 Å². The summed E-state index contributed by atoms with van der Waals surface area (Å²) >= 11 is 3.03. The molecule has 64 valence electrons. The normalized spacial score (nSPS) is 12.4. The van der Waals surface area contributed by atoms with Gasteiger partial charge in [0.2, 0.25) is 0 Å². The third kappa shape index (κ3) is 2.47. The van der Waals surface area contributed by atoms with Crippen molar-refractivity contribution in [2.45, 2.75) is 29.9 Å². The molecule has 1 aromatic rings. The molecule has 0 radical (unpaired) electrons. The van der Waals surface area contributed by atoms with Crippen LogP contribution in [0.1, 0.15) is 18.4 Å². The highest BCUT2D eigenvalue weighted by atomic mass is 32.2. The van der Waals surface area contributed by atoms with Gasteiger partial charge in [0.25, 0.3) is 0 Å². The maximum absolute atomic E-state index is 8.68.